The van der Waals surface area contributed by atoms with Crippen molar-refractivity contribution in [1.82, 2.24) is 0 Å². The first-order valence-electron chi connectivity index (χ1n) is 2.64. The fourth-order valence-electron chi connectivity index (χ4n) is 0.570. The normalized spacial score (nSPS) is 10.5. The Kier molecular flexibility index (Phi) is 4.00. The van der Waals surface area contributed by atoms with E-state index in [1.165, 1.54) is 18.2 Å². The van der Waals surface area contributed by atoms with E-state index in [1.807, 2.05) is 0 Å². The molecule has 0 amide bonds. The number of halogens is 3. The summed E-state index contributed by atoms with van der Waals surface area (Å²) in [6.45, 7) is 0. The summed E-state index contributed by atoms with van der Waals surface area (Å²) in [5.74, 6) is 0. The Balaban J connectivity index is 0.000001000. The number of benzene rings is 1. The Hall–Kier alpha value is -0.120. The average molecular weight is 190 g/mol. The van der Waals surface area contributed by atoms with Gasteiger partial charge in [0.25, 0.3) is 0 Å². The first-order valence-corrected chi connectivity index (χ1v) is 2.64. The van der Waals surface area contributed by atoms with Crippen LogP contribution in [-0.2, 0) is 32.0 Å². The van der Waals surface area contributed by atoms with Crippen molar-refractivity contribution in [3.05, 3.63) is 35.9 Å². The first-order chi connectivity index (χ1) is 4.61. The van der Waals surface area contributed by atoms with Gasteiger partial charge in [0.15, 0.2) is 0 Å². The zero-order valence-electron chi connectivity index (χ0n) is 5.52. The molecule has 0 aliphatic heterocycles. The zero-order chi connectivity index (χ0) is 7.61. The van der Waals surface area contributed by atoms with Gasteiger partial charge in [0.05, 0.1) is 0 Å². The predicted molar refractivity (Wildman–Crippen MR) is 30.3 cm³/mol. The monoisotopic (exact) mass is 190 g/mol. The molecule has 0 heterocycles. The number of hydrogen-bond acceptors (Lipinski definition) is 0. The van der Waals surface area contributed by atoms with Crippen LogP contribution in [0.2, 0.25) is 0 Å². The second-order valence-electron chi connectivity index (χ2n) is 1.77. The van der Waals surface area contributed by atoms with Crippen LogP contribution in [0.5, 0.6) is 0 Å². The smallest absolute Gasteiger partial charge is 0.176 e. The molecular formula is C7H4F3Sc-. The van der Waals surface area contributed by atoms with Gasteiger partial charge >= 0.3 is 6.18 Å². The fraction of sp³-hybridized carbons (Fsp3) is 0.143. The molecule has 4 heteroatoms. The zero-order valence-corrected chi connectivity index (χ0v) is 7.32. The molecule has 0 aliphatic carbocycles. The van der Waals surface area contributed by atoms with Crippen LogP contribution in [0, 0.1) is 6.07 Å². The van der Waals surface area contributed by atoms with Crippen molar-refractivity contribution >= 4 is 0 Å². The molecule has 1 radical (unpaired) electrons. The summed E-state index contributed by atoms with van der Waals surface area (Å²) in [6.07, 6.45) is -4.26. The SMILES string of the molecule is FC(F)(F)c1[c-]cccc1.[Sc]. The fourth-order valence-corrected chi connectivity index (χ4v) is 0.570. The minimum absolute atomic E-state index is 0. The predicted octanol–water partition coefficient (Wildman–Crippen LogP) is 2.50. The molecule has 0 fully saturated rings. The summed E-state index contributed by atoms with van der Waals surface area (Å²) in [6, 6.07) is 7.14. The van der Waals surface area contributed by atoms with E-state index in [0.717, 1.165) is 6.07 Å². The molecule has 0 N–H and O–H groups in total. The maximum atomic E-state index is 11.8. The van der Waals surface area contributed by atoms with Crippen molar-refractivity contribution in [2.24, 2.45) is 0 Å². The number of alkyl halides is 3. The van der Waals surface area contributed by atoms with Gasteiger partial charge < -0.3 is 0 Å². The third-order valence-electron chi connectivity index (χ3n) is 1.01. The van der Waals surface area contributed by atoms with Crippen LogP contribution in [0.15, 0.2) is 24.3 Å². The molecule has 0 nitrogen and oxygen atoms in total. The summed E-state index contributed by atoms with van der Waals surface area (Å²) in [7, 11) is 0. The maximum absolute atomic E-state index is 11.8. The topological polar surface area (TPSA) is 0 Å². The minimum atomic E-state index is -4.26. The Morgan fingerprint density at radius 2 is 1.82 bits per heavy atom. The van der Waals surface area contributed by atoms with Crippen LogP contribution in [0.4, 0.5) is 13.2 Å². The van der Waals surface area contributed by atoms with Gasteiger partial charge in [-0.15, -0.1) is 0 Å². The molecule has 57 valence electrons. The summed E-state index contributed by atoms with van der Waals surface area (Å²) in [4.78, 5) is 0. The largest absolute Gasteiger partial charge is 0.394 e. The van der Waals surface area contributed by atoms with Gasteiger partial charge in [-0.05, 0) is 0 Å². The Morgan fingerprint density at radius 3 is 2.09 bits per heavy atom. The molecule has 0 spiro atoms. The molecule has 1 aromatic rings. The van der Waals surface area contributed by atoms with E-state index in [9.17, 15) is 13.2 Å². The van der Waals surface area contributed by atoms with E-state index in [0.29, 0.717) is 0 Å². The summed E-state index contributed by atoms with van der Waals surface area (Å²) in [5.41, 5.74) is -0.727. The van der Waals surface area contributed by atoms with Crippen LogP contribution in [0.1, 0.15) is 5.56 Å². The van der Waals surface area contributed by atoms with Crippen molar-refractivity contribution in [3.8, 4) is 0 Å². The van der Waals surface area contributed by atoms with E-state index < -0.39 is 11.7 Å². The number of rotatable bonds is 0. The third kappa shape index (κ3) is 3.18. The molecule has 0 aliphatic rings. The second-order valence-corrected chi connectivity index (χ2v) is 1.77. The molecule has 0 bridgehead atoms. The van der Waals surface area contributed by atoms with Gasteiger partial charge in [0.1, 0.15) is 0 Å². The van der Waals surface area contributed by atoms with Crippen molar-refractivity contribution in [1.29, 1.82) is 0 Å². The molecule has 0 saturated heterocycles. The standard InChI is InChI=1S/C7H4F3.Sc/c8-7(9,10)6-4-2-1-3-5-6;/h1-4H;/q-1;. The Morgan fingerprint density at radius 1 is 1.18 bits per heavy atom. The Bertz CT molecular complexity index is 205. The van der Waals surface area contributed by atoms with Gasteiger partial charge in [-0.1, -0.05) is 5.56 Å². The van der Waals surface area contributed by atoms with Crippen LogP contribution < -0.4 is 0 Å². The molecule has 0 saturated carbocycles. The van der Waals surface area contributed by atoms with Gasteiger partial charge in [0, 0.05) is 25.8 Å². The van der Waals surface area contributed by atoms with E-state index in [4.69, 9.17) is 0 Å². The van der Waals surface area contributed by atoms with Crippen molar-refractivity contribution in [2.75, 3.05) is 0 Å². The first kappa shape index (κ1) is 10.9. The quantitative estimate of drug-likeness (QED) is 0.551. The molecule has 0 atom stereocenters. The van der Waals surface area contributed by atoms with Gasteiger partial charge in [-0.2, -0.15) is 43.5 Å². The van der Waals surface area contributed by atoms with Crippen LogP contribution in [-0.4, -0.2) is 0 Å². The van der Waals surface area contributed by atoms with Crippen molar-refractivity contribution in [2.45, 2.75) is 6.18 Å². The summed E-state index contributed by atoms with van der Waals surface area (Å²) >= 11 is 0. The van der Waals surface area contributed by atoms with Gasteiger partial charge in [0.2, 0.25) is 0 Å². The minimum Gasteiger partial charge on any atom is -0.176 e. The third-order valence-corrected chi connectivity index (χ3v) is 1.01. The molecule has 11 heavy (non-hydrogen) atoms. The molecule has 1 rings (SSSR count). The second kappa shape index (κ2) is 4.04. The van der Waals surface area contributed by atoms with Crippen LogP contribution in [0.3, 0.4) is 0 Å². The molecule has 0 aromatic heterocycles. The molecular weight excluding hydrogens is 186 g/mol. The summed E-state index contributed by atoms with van der Waals surface area (Å²) < 4.78 is 35.3. The van der Waals surface area contributed by atoms with Gasteiger partial charge in [-0.3, -0.25) is 0 Å². The van der Waals surface area contributed by atoms with Gasteiger partial charge in [-0.25, -0.2) is 0 Å². The van der Waals surface area contributed by atoms with E-state index >= 15 is 0 Å². The van der Waals surface area contributed by atoms with Crippen LogP contribution in [0.25, 0.3) is 0 Å². The summed E-state index contributed by atoms with van der Waals surface area (Å²) in [5, 5.41) is 0. The van der Waals surface area contributed by atoms with E-state index in [2.05, 4.69) is 6.07 Å². The Labute approximate surface area is 81.2 Å². The van der Waals surface area contributed by atoms with E-state index in [1.54, 1.807) is 0 Å². The number of hydrogen-bond donors (Lipinski definition) is 0. The maximum Gasteiger partial charge on any atom is 0.394 e. The van der Waals surface area contributed by atoms with Crippen LogP contribution >= 0.6 is 0 Å². The van der Waals surface area contributed by atoms with Crippen molar-refractivity contribution in [3.63, 3.8) is 0 Å². The molecule has 1 aromatic carbocycles. The molecule has 0 unspecified atom stereocenters. The van der Waals surface area contributed by atoms with E-state index in [-0.39, 0.29) is 25.8 Å². The van der Waals surface area contributed by atoms with Crippen molar-refractivity contribution < 1.29 is 39.0 Å². The average Bonchev–Trinajstić information content (AvgIpc) is 1.88.